The SMILES string of the molecule is Cc1cc(S(=O)(=O)N(C)Cc2ccncc2)ccc1[N+](=O)[O-]. The summed E-state index contributed by atoms with van der Waals surface area (Å²) in [5.41, 5.74) is 1.01. The van der Waals surface area contributed by atoms with E-state index in [1.165, 1.54) is 36.5 Å². The summed E-state index contributed by atoms with van der Waals surface area (Å²) in [6, 6.07) is 7.24. The molecule has 0 radical (unpaired) electrons. The van der Waals surface area contributed by atoms with Crippen molar-refractivity contribution in [2.24, 2.45) is 0 Å². The normalized spacial score (nSPS) is 11.6. The third kappa shape index (κ3) is 3.29. The molecule has 0 saturated heterocycles. The molecule has 0 atom stereocenters. The zero-order valence-corrected chi connectivity index (χ0v) is 12.9. The molecule has 1 aromatic carbocycles. The Morgan fingerprint density at radius 2 is 1.86 bits per heavy atom. The second kappa shape index (κ2) is 6.20. The van der Waals surface area contributed by atoms with Crippen molar-refractivity contribution >= 4 is 15.7 Å². The van der Waals surface area contributed by atoms with Gasteiger partial charge in [0.05, 0.1) is 9.82 Å². The minimum absolute atomic E-state index is 0.0344. The predicted molar refractivity (Wildman–Crippen MR) is 80.7 cm³/mol. The maximum atomic E-state index is 12.5. The number of rotatable bonds is 5. The highest BCUT2D eigenvalue weighted by atomic mass is 32.2. The molecule has 2 aromatic rings. The molecule has 1 aromatic heterocycles. The van der Waals surface area contributed by atoms with E-state index in [0.29, 0.717) is 5.56 Å². The van der Waals surface area contributed by atoms with E-state index in [-0.39, 0.29) is 17.1 Å². The average Bonchev–Trinajstić information content (AvgIpc) is 2.47. The van der Waals surface area contributed by atoms with E-state index in [1.54, 1.807) is 24.5 Å². The van der Waals surface area contributed by atoms with Crippen molar-refractivity contribution < 1.29 is 13.3 Å². The summed E-state index contributed by atoms with van der Waals surface area (Å²) in [4.78, 5) is 14.2. The molecule has 0 aliphatic rings. The number of nitrogens with zero attached hydrogens (tertiary/aromatic N) is 3. The molecule has 2 rings (SSSR count). The van der Waals surface area contributed by atoms with Crippen LogP contribution in [-0.4, -0.2) is 29.7 Å². The number of pyridine rings is 1. The molecule has 0 aliphatic heterocycles. The monoisotopic (exact) mass is 321 g/mol. The van der Waals surface area contributed by atoms with Gasteiger partial charge in [0.15, 0.2) is 0 Å². The van der Waals surface area contributed by atoms with Crippen molar-refractivity contribution in [2.75, 3.05) is 7.05 Å². The fraction of sp³-hybridized carbons (Fsp3) is 0.214. The number of sulfonamides is 1. The number of aryl methyl sites for hydroxylation is 1. The van der Waals surface area contributed by atoms with Gasteiger partial charge in [-0.2, -0.15) is 4.31 Å². The zero-order valence-electron chi connectivity index (χ0n) is 12.1. The van der Waals surface area contributed by atoms with Gasteiger partial charge in [0.1, 0.15) is 0 Å². The smallest absolute Gasteiger partial charge is 0.265 e. The standard InChI is InChI=1S/C14H15N3O4S/c1-11-9-13(3-4-14(11)17(18)19)22(20,21)16(2)10-12-5-7-15-8-6-12/h3-9H,10H2,1-2H3. The summed E-state index contributed by atoms with van der Waals surface area (Å²) >= 11 is 0. The van der Waals surface area contributed by atoms with Crippen molar-refractivity contribution in [3.05, 3.63) is 64.0 Å². The third-order valence-corrected chi connectivity index (χ3v) is 5.03. The van der Waals surface area contributed by atoms with Gasteiger partial charge in [-0.05, 0) is 36.8 Å². The van der Waals surface area contributed by atoms with Gasteiger partial charge < -0.3 is 0 Å². The van der Waals surface area contributed by atoms with Crippen molar-refractivity contribution in [3.63, 3.8) is 0 Å². The Bertz CT molecular complexity index is 791. The molecule has 116 valence electrons. The van der Waals surface area contributed by atoms with Crippen molar-refractivity contribution in [2.45, 2.75) is 18.4 Å². The van der Waals surface area contributed by atoms with Crippen LogP contribution in [0.1, 0.15) is 11.1 Å². The van der Waals surface area contributed by atoms with E-state index < -0.39 is 14.9 Å². The minimum atomic E-state index is -3.71. The summed E-state index contributed by atoms with van der Waals surface area (Å²) in [5.74, 6) is 0. The van der Waals surface area contributed by atoms with Gasteiger partial charge in [-0.1, -0.05) is 0 Å². The summed E-state index contributed by atoms with van der Waals surface area (Å²) < 4.78 is 26.2. The van der Waals surface area contributed by atoms with Crippen molar-refractivity contribution in [1.82, 2.24) is 9.29 Å². The van der Waals surface area contributed by atoms with Gasteiger partial charge in [-0.25, -0.2) is 8.42 Å². The number of nitro groups is 1. The number of benzene rings is 1. The molecular weight excluding hydrogens is 306 g/mol. The van der Waals surface area contributed by atoms with Crippen LogP contribution in [0.15, 0.2) is 47.6 Å². The molecular formula is C14H15N3O4S. The van der Waals surface area contributed by atoms with Gasteiger partial charge in [-0.3, -0.25) is 15.1 Å². The van der Waals surface area contributed by atoms with E-state index in [9.17, 15) is 18.5 Å². The third-order valence-electron chi connectivity index (χ3n) is 3.23. The first-order chi connectivity index (χ1) is 10.3. The first-order valence-electron chi connectivity index (χ1n) is 6.42. The highest BCUT2D eigenvalue weighted by Crippen LogP contribution is 2.24. The van der Waals surface area contributed by atoms with E-state index in [4.69, 9.17) is 0 Å². The minimum Gasteiger partial charge on any atom is -0.265 e. The van der Waals surface area contributed by atoms with Crippen LogP contribution in [0.5, 0.6) is 0 Å². The molecule has 0 aliphatic carbocycles. The maximum absolute atomic E-state index is 12.5. The maximum Gasteiger partial charge on any atom is 0.272 e. The van der Waals surface area contributed by atoms with Crippen LogP contribution in [0, 0.1) is 17.0 Å². The fourth-order valence-corrected chi connectivity index (χ4v) is 3.25. The summed E-state index contributed by atoms with van der Waals surface area (Å²) in [6.07, 6.45) is 3.18. The van der Waals surface area contributed by atoms with Crippen LogP contribution in [0.4, 0.5) is 5.69 Å². The summed E-state index contributed by atoms with van der Waals surface area (Å²) in [5, 5.41) is 10.8. The van der Waals surface area contributed by atoms with Crippen molar-refractivity contribution in [3.8, 4) is 0 Å². The Kier molecular flexibility index (Phi) is 4.53. The molecule has 0 unspecified atom stereocenters. The molecule has 22 heavy (non-hydrogen) atoms. The fourth-order valence-electron chi connectivity index (χ4n) is 2.00. The molecule has 7 nitrogen and oxygen atoms in total. The number of aromatic nitrogens is 1. The van der Waals surface area contributed by atoms with Crippen molar-refractivity contribution in [1.29, 1.82) is 0 Å². The molecule has 0 bridgehead atoms. The molecule has 0 fully saturated rings. The van der Waals surface area contributed by atoms with Crippen LogP contribution in [0.3, 0.4) is 0 Å². The quantitative estimate of drug-likeness (QED) is 0.621. The Balaban J connectivity index is 2.30. The highest BCUT2D eigenvalue weighted by Gasteiger charge is 2.23. The molecule has 0 amide bonds. The Labute approximate surface area is 128 Å². The lowest BCUT2D eigenvalue weighted by atomic mass is 10.2. The van der Waals surface area contributed by atoms with Gasteiger partial charge in [-0.15, -0.1) is 0 Å². The highest BCUT2D eigenvalue weighted by molar-refractivity contribution is 7.89. The van der Waals surface area contributed by atoms with E-state index >= 15 is 0 Å². The van der Waals surface area contributed by atoms with E-state index in [0.717, 1.165) is 5.56 Å². The van der Waals surface area contributed by atoms with Gasteiger partial charge in [0.2, 0.25) is 10.0 Å². The van der Waals surface area contributed by atoms with Gasteiger partial charge >= 0.3 is 0 Å². The van der Waals surface area contributed by atoms with Crippen LogP contribution in [0.2, 0.25) is 0 Å². The van der Waals surface area contributed by atoms with Crippen LogP contribution in [-0.2, 0) is 16.6 Å². The largest absolute Gasteiger partial charge is 0.272 e. The number of hydrogen-bond donors (Lipinski definition) is 0. The van der Waals surface area contributed by atoms with Crippen LogP contribution < -0.4 is 0 Å². The molecule has 1 heterocycles. The van der Waals surface area contributed by atoms with Gasteiger partial charge in [0.25, 0.3) is 5.69 Å². The molecule has 8 heteroatoms. The van der Waals surface area contributed by atoms with Crippen LogP contribution >= 0.6 is 0 Å². The van der Waals surface area contributed by atoms with Gasteiger partial charge in [0, 0.05) is 37.6 Å². The first-order valence-corrected chi connectivity index (χ1v) is 7.86. The molecule has 0 N–H and O–H groups in total. The first kappa shape index (κ1) is 16.1. The second-order valence-electron chi connectivity index (χ2n) is 4.82. The molecule has 0 saturated carbocycles. The average molecular weight is 321 g/mol. The summed E-state index contributed by atoms with van der Waals surface area (Å²) in [6.45, 7) is 1.71. The number of hydrogen-bond acceptors (Lipinski definition) is 5. The van der Waals surface area contributed by atoms with Crippen LogP contribution in [0.25, 0.3) is 0 Å². The van der Waals surface area contributed by atoms with E-state index in [2.05, 4.69) is 4.98 Å². The lowest BCUT2D eigenvalue weighted by molar-refractivity contribution is -0.385. The second-order valence-corrected chi connectivity index (χ2v) is 6.87. The Hall–Kier alpha value is -2.32. The number of nitro benzene ring substituents is 1. The zero-order chi connectivity index (χ0) is 16.3. The Morgan fingerprint density at radius 1 is 1.23 bits per heavy atom. The summed E-state index contributed by atoms with van der Waals surface area (Å²) in [7, 11) is -2.25. The lowest BCUT2D eigenvalue weighted by Gasteiger charge is -2.17. The predicted octanol–water partition coefficient (Wildman–Crippen LogP) is 2.12. The van der Waals surface area contributed by atoms with E-state index in [1.807, 2.05) is 0 Å². The molecule has 0 spiro atoms. The topological polar surface area (TPSA) is 93.4 Å². The lowest BCUT2D eigenvalue weighted by Crippen LogP contribution is -2.26. The Morgan fingerprint density at radius 3 is 2.41 bits per heavy atom.